The molecule has 0 aliphatic heterocycles. The van der Waals surface area contributed by atoms with Crippen molar-refractivity contribution >= 4 is 5.97 Å². The van der Waals surface area contributed by atoms with Crippen molar-refractivity contribution in [2.24, 2.45) is 11.3 Å². The molecule has 0 heterocycles. The number of carbonyl (C=O) groups excluding carboxylic acids is 1. The molecule has 0 saturated heterocycles. The fourth-order valence-electron chi connectivity index (χ4n) is 1.78. The van der Waals surface area contributed by atoms with E-state index in [1.807, 2.05) is 6.08 Å². The van der Waals surface area contributed by atoms with Crippen molar-refractivity contribution < 1.29 is 9.53 Å². The van der Waals surface area contributed by atoms with Crippen molar-refractivity contribution in [1.82, 2.24) is 0 Å². The maximum atomic E-state index is 11.2. The number of rotatable bonds is 2. The Hall–Kier alpha value is -1.05. The molecular weight excluding hydrogens is 176 g/mol. The third-order valence-electron chi connectivity index (χ3n) is 3.39. The average molecular weight is 194 g/mol. The normalized spacial score (nSPS) is 24.7. The van der Waals surface area contributed by atoms with Gasteiger partial charge in [-0.05, 0) is 11.3 Å². The predicted molar refractivity (Wildman–Crippen MR) is 56.8 cm³/mol. The molecule has 0 amide bonds. The summed E-state index contributed by atoms with van der Waals surface area (Å²) in [7, 11) is 1.42. The van der Waals surface area contributed by atoms with E-state index < -0.39 is 0 Å². The van der Waals surface area contributed by atoms with Crippen molar-refractivity contribution in [2.45, 2.75) is 27.2 Å². The summed E-state index contributed by atoms with van der Waals surface area (Å²) in [5, 5.41) is 0. The van der Waals surface area contributed by atoms with E-state index in [-0.39, 0.29) is 11.4 Å². The Kier molecular flexibility index (Phi) is 2.84. The van der Waals surface area contributed by atoms with Gasteiger partial charge in [-0.1, -0.05) is 44.6 Å². The zero-order chi connectivity index (χ0) is 10.9. The second-order valence-electron chi connectivity index (χ2n) is 4.44. The first-order chi connectivity index (χ1) is 6.39. The molecule has 2 nitrogen and oxygen atoms in total. The van der Waals surface area contributed by atoms with Crippen LogP contribution in [-0.4, -0.2) is 13.1 Å². The third kappa shape index (κ3) is 1.74. The molecule has 0 aromatic heterocycles. The zero-order valence-corrected chi connectivity index (χ0v) is 9.39. The first-order valence-electron chi connectivity index (χ1n) is 4.86. The van der Waals surface area contributed by atoms with Gasteiger partial charge in [0.25, 0.3) is 0 Å². The second kappa shape index (κ2) is 3.60. The predicted octanol–water partition coefficient (Wildman–Crippen LogP) is 2.71. The molecule has 2 heteroatoms. The number of ether oxygens (including phenoxy) is 1. The van der Waals surface area contributed by atoms with Crippen LogP contribution in [0.3, 0.4) is 0 Å². The molecule has 1 aliphatic carbocycles. The maximum absolute atomic E-state index is 11.2. The largest absolute Gasteiger partial charge is 0.469 e. The summed E-state index contributed by atoms with van der Waals surface area (Å²) in [5.41, 5.74) is 2.27. The summed E-state index contributed by atoms with van der Waals surface area (Å²) >= 11 is 0. The van der Waals surface area contributed by atoms with Crippen LogP contribution >= 0.6 is 0 Å². The molecule has 0 N–H and O–H groups in total. The Morgan fingerprint density at radius 3 is 2.57 bits per heavy atom. The molecule has 14 heavy (non-hydrogen) atoms. The highest BCUT2D eigenvalue weighted by molar-refractivity contribution is 5.73. The number of allylic oxidation sites excluding steroid dienone is 2. The second-order valence-corrected chi connectivity index (χ2v) is 4.44. The van der Waals surface area contributed by atoms with E-state index in [2.05, 4.69) is 32.1 Å². The van der Waals surface area contributed by atoms with Gasteiger partial charge < -0.3 is 4.74 Å². The summed E-state index contributed by atoms with van der Waals surface area (Å²) in [6.45, 7) is 10.4. The topological polar surface area (TPSA) is 26.3 Å². The highest BCUT2D eigenvalue weighted by Crippen LogP contribution is 2.46. The van der Waals surface area contributed by atoms with Crippen LogP contribution in [0, 0.1) is 11.3 Å². The highest BCUT2D eigenvalue weighted by Gasteiger charge is 2.37. The van der Waals surface area contributed by atoms with Crippen LogP contribution in [0.4, 0.5) is 0 Å². The third-order valence-corrected chi connectivity index (χ3v) is 3.39. The van der Waals surface area contributed by atoms with Gasteiger partial charge in [0.2, 0.25) is 0 Å². The number of hydrogen-bond donors (Lipinski definition) is 0. The van der Waals surface area contributed by atoms with Crippen molar-refractivity contribution in [3.8, 4) is 0 Å². The van der Waals surface area contributed by atoms with Gasteiger partial charge in [0.1, 0.15) is 0 Å². The summed E-state index contributed by atoms with van der Waals surface area (Å²) in [6.07, 6.45) is 2.41. The first-order valence-corrected chi connectivity index (χ1v) is 4.86. The van der Waals surface area contributed by atoms with E-state index in [9.17, 15) is 4.79 Å². The molecule has 0 saturated carbocycles. The van der Waals surface area contributed by atoms with Gasteiger partial charge in [0.15, 0.2) is 0 Å². The molecule has 0 unspecified atom stereocenters. The smallest absolute Gasteiger partial charge is 0.309 e. The number of methoxy groups -OCH3 is 1. The number of carbonyl (C=O) groups is 1. The average Bonchev–Trinajstić information content (AvgIpc) is 2.30. The van der Waals surface area contributed by atoms with Crippen molar-refractivity contribution in [1.29, 1.82) is 0 Å². The lowest BCUT2D eigenvalue weighted by atomic mass is 9.76. The van der Waals surface area contributed by atoms with Crippen LogP contribution in [0.15, 0.2) is 23.8 Å². The van der Waals surface area contributed by atoms with Crippen LogP contribution in [0.2, 0.25) is 0 Å². The Balaban J connectivity index is 2.84. The van der Waals surface area contributed by atoms with Crippen LogP contribution in [-0.2, 0) is 9.53 Å². The van der Waals surface area contributed by atoms with E-state index in [0.29, 0.717) is 12.3 Å². The fraction of sp³-hybridized carbons (Fsp3) is 0.583. The lowest BCUT2D eigenvalue weighted by molar-refractivity contribution is -0.140. The van der Waals surface area contributed by atoms with E-state index in [0.717, 1.165) is 11.1 Å². The maximum Gasteiger partial charge on any atom is 0.309 e. The summed E-state index contributed by atoms with van der Waals surface area (Å²) in [4.78, 5) is 11.2. The van der Waals surface area contributed by atoms with Gasteiger partial charge in [0, 0.05) is 0 Å². The standard InChI is InChI=1S/C12H18O2/c1-8-6-10(7-11(13)14-5)12(3,4)9(8)2/h6,9H,1,7H2,2-5H3/t9-/m1/s1. The first kappa shape index (κ1) is 11.0. The molecule has 0 aromatic rings. The van der Waals surface area contributed by atoms with Gasteiger partial charge in [-0.2, -0.15) is 0 Å². The monoisotopic (exact) mass is 194 g/mol. The molecule has 0 spiro atoms. The lowest BCUT2D eigenvalue weighted by Crippen LogP contribution is -2.21. The van der Waals surface area contributed by atoms with Gasteiger partial charge in [-0.25, -0.2) is 0 Å². The van der Waals surface area contributed by atoms with Crippen LogP contribution < -0.4 is 0 Å². The van der Waals surface area contributed by atoms with Crippen molar-refractivity contribution in [3.05, 3.63) is 23.8 Å². The minimum atomic E-state index is -0.175. The zero-order valence-electron chi connectivity index (χ0n) is 9.39. The Labute approximate surface area is 85.6 Å². The molecule has 0 radical (unpaired) electrons. The summed E-state index contributed by atoms with van der Waals surface area (Å²) in [6, 6.07) is 0. The van der Waals surface area contributed by atoms with E-state index in [1.165, 1.54) is 7.11 Å². The van der Waals surface area contributed by atoms with Gasteiger partial charge in [0.05, 0.1) is 13.5 Å². The highest BCUT2D eigenvalue weighted by atomic mass is 16.5. The lowest BCUT2D eigenvalue weighted by Gasteiger charge is -2.28. The number of hydrogen-bond acceptors (Lipinski definition) is 2. The fourth-order valence-corrected chi connectivity index (χ4v) is 1.78. The van der Waals surface area contributed by atoms with Crippen LogP contribution in [0.1, 0.15) is 27.2 Å². The minimum Gasteiger partial charge on any atom is -0.469 e. The molecule has 1 aliphatic rings. The van der Waals surface area contributed by atoms with Crippen LogP contribution in [0.5, 0.6) is 0 Å². The van der Waals surface area contributed by atoms with E-state index in [1.54, 1.807) is 0 Å². The summed E-state index contributed by atoms with van der Waals surface area (Å²) in [5.74, 6) is 0.230. The number of esters is 1. The molecular formula is C12H18O2. The van der Waals surface area contributed by atoms with Crippen molar-refractivity contribution in [2.75, 3.05) is 7.11 Å². The van der Waals surface area contributed by atoms with E-state index >= 15 is 0 Å². The summed E-state index contributed by atoms with van der Waals surface area (Å²) < 4.78 is 4.67. The van der Waals surface area contributed by atoms with Gasteiger partial charge in [-0.15, -0.1) is 0 Å². The quantitative estimate of drug-likeness (QED) is 0.632. The molecule has 0 fully saturated rings. The minimum absolute atomic E-state index is 0.0330. The van der Waals surface area contributed by atoms with Crippen molar-refractivity contribution in [3.63, 3.8) is 0 Å². The van der Waals surface area contributed by atoms with Crippen LogP contribution in [0.25, 0.3) is 0 Å². The van der Waals surface area contributed by atoms with Gasteiger partial charge in [-0.3, -0.25) is 4.79 Å². The van der Waals surface area contributed by atoms with Gasteiger partial charge >= 0.3 is 5.97 Å². The molecule has 78 valence electrons. The molecule has 0 aromatic carbocycles. The SMILES string of the molecule is C=C1C=C(CC(=O)OC)C(C)(C)[C@@H]1C. The van der Waals surface area contributed by atoms with E-state index in [4.69, 9.17) is 0 Å². The Bertz CT molecular complexity index is 297. The Morgan fingerprint density at radius 2 is 2.21 bits per heavy atom. The molecule has 0 bridgehead atoms. The molecule has 1 atom stereocenters. The molecule has 1 rings (SSSR count). The Morgan fingerprint density at radius 1 is 1.64 bits per heavy atom.